The van der Waals surface area contributed by atoms with Crippen molar-refractivity contribution in [2.75, 3.05) is 10.6 Å². The topological polar surface area (TPSA) is 92.3 Å². The van der Waals surface area contributed by atoms with Gasteiger partial charge in [0.05, 0.1) is 9.79 Å². The summed E-state index contributed by atoms with van der Waals surface area (Å²) in [6.45, 7) is 3.11. The number of benzene rings is 2. The van der Waals surface area contributed by atoms with Crippen LogP contribution in [0.15, 0.2) is 58.3 Å². The third kappa shape index (κ3) is 4.20. The summed E-state index contributed by atoms with van der Waals surface area (Å²) in [4.78, 5) is 22.6. The molecule has 0 bridgehead atoms. The maximum Gasteiger partial charge on any atom is 0.224 e. The highest BCUT2D eigenvalue weighted by Crippen LogP contribution is 2.23. The molecule has 0 aliphatic carbocycles. The zero-order valence-corrected chi connectivity index (χ0v) is 14.2. The second-order valence-corrected chi connectivity index (χ2v) is 7.08. The molecule has 2 N–H and O–H groups in total. The van der Waals surface area contributed by atoms with Gasteiger partial charge in [0.1, 0.15) is 0 Å². The van der Waals surface area contributed by atoms with Gasteiger partial charge >= 0.3 is 0 Å². The minimum Gasteiger partial charge on any atom is -0.326 e. The second-order valence-electron chi connectivity index (χ2n) is 5.14. The molecule has 0 saturated heterocycles. The Morgan fingerprint density at radius 3 is 1.62 bits per heavy atom. The molecule has 0 fully saturated rings. The zero-order valence-electron chi connectivity index (χ0n) is 13.4. The van der Waals surface area contributed by atoms with E-state index in [4.69, 9.17) is 0 Å². The fourth-order valence-corrected chi connectivity index (χ4v) is 3.28. The lowest BCUT2D eigenvalue weighted by Gasteiger charge is -2.08. The Morgan fingerprint density at radius 1 is 0.833 bits per heavy atom. The van der Waals surface area contributed by atoms with Gasteiger partial charge in [0, 0.05) is 24.7 Å². The molecule has 0 spiro atoms. The Kier molecular flexibility index (Phi) is 5.35. The van der Waals surface area contributed by atoms with Crippen molar-refractivity contribution in [2.45, 2.75) is 30.1 Å². The summed E-state index contributed by atoms with van der Waals surface area (Å²) >= 11 is 0. The molecular formula is C17H18N2O4S. The van der Waals surface area contributed by atoms with Crippen LogP contribution in [0, 0.1) is 0 Å². The van der Waals surface area contributed by atoms with Gasteiger partial charge in [-0.15, -0.1) is 0 Å². The SMILES string of the molecule is CCC(=O)Nc1ccc(S(=O)(=O)c2ccc(NC(C)=O)cc2)cc1. The molecule has 2 amide bonds. The molecule has 126 valence electrons. The largest absolute Gasteiger partial charge is 0.326 e. The van der Waals surface area contributed by atoms with Gasteiger partial charge in [-0.3, -0.25) is 9.59 Å². The molecule has 0 aliphatic rings. The highest BCUT2D eigenvalue weighted by molar-refractivity contribution is 7.91. The van der Waals surface area contributed by atoms with E-state index >= 15 is 0 Å². The molecule has 24 heavy (non-hydrogen) atoms. The van der Waals surface area contributed by atoms with Crippen LogP contribution >= 0.6 is 0 Å². The minimum absolute atomic E-state index is 0.127. The standard InChI is InChI=1S/C17H18N2O4S/c1-3-17(21)19-14-6-10-16(11-7-14)24(22,23)15-8-4-13(5-9-15)18-12(2)20/h4-11H,3H2,1-2H3,(H,18,20)(H,19,21). The molecular weight excluding hydrogens is 328 g/mol. The van der Waals surface area contributed by atoms with Crippen LogP contribution in [0.1, 0.15) is 20.3 Å². The lowest BCUT2D eigenvalue weighted by atomic mass is 10.3. The van der Waals surface area contributed by atoms with E-state index < -0.39 is 9.84 Å². The maximum absolute atomic E-state index is 12.6. The third-order valence-electron chi connectivity index (χ3n) is 3.25. The first kappa shape index (κ1) is 17.7. The molecule has 2 rings (SSSR count). The zero-order chi connectivity index (χ0) is 17.7. The minimum atomic E-state index is -3.66. The van der Waals surface area contributed by atoms with Gasteiger partial charge in [0.2, 0.25) is 21.7 Å². The van der Waals surface area contributed by atoms with Crippen LogP contribution in [0.5, 0.6) is 0 Å². The first-order valence-electron chi connectivity index (χ1n) is 7.35. The number of anilines is 2. The number of hydrogen-bond donors (Lipinski definition) is 2. The van der Waals surface area contributed by atoms with Crippen molar-refractivity contribution in [2.24, 2.45) is 0 Å². The predicted molar refractivity (Wildman–Crippen MR) is 91.6 cm³/mol. The summed E-state index contributed by atoms with van der Waals surface area (Å²) in [6, 6.07) is 11.9. The van der Waals surface area contributed by atoms with Crippen LogP contribution in [0.4, 0.5) is 11.4 Å². The van der Waals surface area contributed by atoms with Crippen molar-refractivity contribution in [1.82, 2.24) is 0 Å². The van der Waals surface area contributed by atoms with Gasteiger partial charge in [-0.2, -0.15) is 0 Å². The first-order valence-corrected chi connectivity index (χ1v) is 8.84. The van der Waals surface area contributed by atoms with E-state index in [0.717, 1.165) is 0 Å². The molecule has 7 heteroatoms. The fourth-order valence-electron chi connectivity index (χ4n) is 2.02. The number of carbonyl (C=O) groups excluding carboxylic acids is 2. The number of carbonyl (C=O) groups is 2. The van der Waals surface area contributed by atoms with Crippen LogP contribution < -0.4 is 10.6 Å². The van der Waals surface area contributed by atoms with Gasteiger partial charge < -0.3 is 10.6 Å². The quantitative estimate of drug-likeness (QED) is 0.871. The monoisotopic (exact) mass is 346 g/mol. The Bertz CT molecular complexity index is 841. The first-order chi connectivity index (χ1) is 11.3. The average molecular weight is 346 g/mol. The summed E-state index contributed by atoms with van der Waals surface area (Å²) in [5.41, 5.74) is 1.07. The Labute approximate surface area is 140 Å². The summed E-state index contributed by atoms with van der Waals surface area (Å²) in [5.74, 6) is -0.366. The summed E-state index contributed by atoms with van der Waals surface area (Å²) < 4.78 is 25.2. The van der Waals surface area contributed by atoms with E-state index in [2.05, 4.69) is 10.6 Å². The second kappa shape index (κ2) is 7.27. The van der Waals surface area contributed by atoms with Crippen molar-refractivity contribution in [3.8, 4) is 0 Å². The molecule has 0 atom stereocenters. The molecule has 0 radical (unpaired) electrons. The van der Waals surface area contributed by atoms with Crippen LogP contribution in [-0.2, 0) is 19.4 Å². The molecule has 0 aliphatic heterocycles. The van der Waals surface area contributed by atoms with Crippen molar-refractivity contribution >= 4 is 33.0 Å². The predicted octanol–water partition coefficient (Wildman–Crippen LogP) is 2.83. The molecule has 0 heterocycles. The van der Waals surface area contributed by atoms with Gasteiger partial charge in [-0.25, -0.2) is 8.42 Å². The molecule has 6 nitrogen and oxygen atoms in total. The highest BCUT2D eigenvalue weighted by Gasteiger charge is 2.17. The third-order valence-corrected chi connectivity index (χ3v) is 5.04. The highest BCUT2D eigenvalue weighted by atomic mass is 32.2. The van der Waals surface area contributed by atoms with E-state index in [9.17, 15) is 18.0 Å². The number of sulfone groups is 1. The van der Waals surface area contributed by atoms with Crippen molar-refractivity contribution < 1.29 is 18.0 Å². The van der Waals surface area contributed by atoms with E-state index in [1.54, 1.807) is 19.1 Å². The van der Waals surface area contributed by atoms with Crippen molar-refractivity contribution in [3.05, 3.63) is 48.5 Å². The Balaban J connectivity index is 2.23. The normalized spacial score (nSPS) is 10.9. The van der Waals surface area contributed by atoms with Gasteiger partial charge in [-0.05, 0) is 48.5 Å². The van der Waals surface area contributed by atoms with E-state index in [0.29, 0.717) is 17.8 Å². The van der Waals surface area contributed by atoms with E-state index in [1.165, 1.54) is 43.3 Å². The molecule has 2 aromatic rings. The van der Waals surface area contributed by atoms with Gasteiger partial charge in [0.25, 0.3) is 0 Å². The number of hydrogen-bond acceptors (Lipinski definition) is 4. The van der Waals surface area contributed by atoms with Crippen molar-refractivity contribution in [1.29, 1.82) is 0 Å². The van der Waals surface area contributed by atoms with E-state index in [1.807, 2.05) is 0 Å². The molecule has 2 aromatic carbocycles. The average Bonchev–Trinajstić information content (AvgIpc) is 2.55. The number of nitrogens with one attached hydrogen (secondary N) is 2. The fraction of sp³-hybridized carbons (Fsp3) is 0.176. The lowest BCUT2D eigenvalue weighted by molar-refractivity contribution is -0.116. The molecule has 0 aromatic heterocycles. The maximum atomic E-state index is 12.6. The molecule has 0 unspecified atom stereocenters. The number of rotatable bonds is 5. The molecule has 0 saturated carbocycles. The van der Waals surface area contributed by atoms with Crippen LogP contribution in [0.2, 0.25) is 0 Å². The van der Waals surface area contributed by atoms with E-state index in [-0.39, 0.29) is 21.6 Å². The van der Waals surface area contributed by atoms with Gasteiger partial charge in [-0.1, -0.05) is 6.92 Å². The summed E-state index contributed by atoms with van der Waals surface area (Å²) in [6.07, 6.45) is 0.348. The summed E-state index contributed by atoms with van der Waals surface area (Å²) in [5, 5.41) is 5.24. The Morgan fingerprint density at radius 2 is 1.25 bits per heavy atom. The van der Waals surface area contributed by atoms with Crippen LogP contribution in [-0.4, -0.2) is 20.2 Å². The lowest BCUT2D eigenvalue weighted by Crippen LogP contribution is -2.09. The van der Waals surface area contributed by atoms with Crippen LogP contribution in [0.25, 0.3) is 0 Å². The number of amides is 2. The smallest absolute Gasteiger partial charge is 0.224 e. The Hall–Kier alpha value is -2.67. The van der Waals surface area contributed by atoms with Crippen LogP contribution in [0.3, 0.4) is 0 Å². The van der Waals surface area contributed by atoms with Crippen molar-refractivity contribution in [3.63, 3.8) is 0 Å². The van der Waals surface area contributed by atoms with Gasteiger partial charge in [0.15, 0.2) is 0 Å². The summed E-state index contributed by atoms with van der Waals surface area (Å²) in [7, 11) is -3.66.